The average Bonchev–Trinajstić information content (AvgIpc) is 2.02. The molecule has 4 saturated carbocycles. The molecular weight excluding hydrogens is 156 g/mol. The van der Waals surface area contributed by atoms with Gasteiger partial charge in [-0.1, -0.05) is 20.8 Å². The molecule has 4 rings (SSSR count). The summed E-state index contributed by atoms with van der Waals surface area (Å²) in [4.78, 5) is 0. The summed E-state index contributed by atoms with van der Waals surface area (Å²) >= 11 is 0. The zero-order valence-corrected chi connectivity index (χ0v) is 9.47. The Kier molecular flexibility index (Phi) is 2.42. The van der Waals surface area contributed by atoms with Crippen LogP contribution in [0.2, 0.25) is 0 Å². The van der Waals surface area contributed by atoms with Gasteiger partial charge in [0.25, 0.3) is 0 Å². The van der Waals surface area contributed by atoms with Gasteiger partial charge < -0.3 is 0 Å². The van der Waals surface area contributed by atoms with E-state index in [1.54, 1.807) is 38.5 Å². The third-order valence-corrected chi connectivity index (χ3v) is 4.34. The zero-order chi connectivity index (χ0) is 9.47. The normalized spacial score (nSPS) is 51.5. The SMILES string of the molecule is CC.CC12CC3CC(CC(C3)C1)C2. The first-order chi connectivity index (χ1) is 6.23. The summed E-state index contributed by atoms with van der Waals surface area (Å²) < 4.78 is 0. The summed E-state index contributed by atoms with van der Waals surface area (Å²) in [5, 5.41) is 0. The minimum absolute atomic E-state index is 0.800. The summed E-state index contributed by atoms with van der Waals surface area (Å²) in [5.74, 6) is 3.43. The van der Waals surface area contributed by atoms with Crippen LogP contribution in [-0.2, 0) is 0 Å². The predicted molar refractivity (Wildman–Crippen MR) is 57.6 cm³/mol. The maximum atomic E-state index is 2.54. The van der Waals surface area contributed by atoms with Crippen LogP contribution in [0.5, 0.6) is 0 Å². The van der Waals surface area contributed by atoms with Crippen molar-refractivity contribution in [2.24, 2.45) is 23.2 Å². The molecular formula is C13H24. The van der Waals surface area contributed by atoms with Crippen molar-refractivity contribution in [2.75, 3.05) is 0 Å². The second-order valence-corrected chi connectivity index (χ2v) is 5.73. The third-order valence-electron chi connectivity index (χ3n) is 4.34. The standard InChI is InChI=1S/C11H18.C2H6/c1-11-5-8-2-9(6-11)4-10(3-8)7-11;1-2/h8-10H,2-7H2,1H3;1-2H3. The van der Waals surface area contributed by atoms with Gasteiger partial charge in [-0.05, 0) is 61.7 Å². The Morgan fingerprint density at radius 1 is 0.769 bits per heavy atom. The molecule has 0 N–H and O–H groups in total. The van der Waals surface area contributed by atoms with Crippen molar-refractivity contribution in [1.29, 1.82) is 0 Å². The molecule has 76 valence electrons. The minimum atomic E-state index is 0.800. The fourth-order valence-electron chi connectivity index (χ4n) is 4.54. The van der Waals surface area contributed by atoms with Crippen LogP contribution in [0.15, 0.2) is 0 Å². The van der Waals surface area contributed by atoms with Crippen LogP contribution in [0.4, 0.5) is 0 Å². The highest BCUT2D eigenvalue weighted by Gasteiger charge is 2.48. The Labute approximate surface area is 83.1 Å². The van der Waals surface area contributed by atoms with Crippen LogP contribution in [0, 0.1) is 23.2 Å². The Morgan fingerprint density at radius 2 is 1.08 bits per heavy atom. The van der Waals surface area contributed by atoms with Crippen LogP contribution in [0.1, 0.15) is 59.3 Å². The van der Waals surface area contributed by atoms with E-state index in [4.69, 9.17) is 0 Å². The zero-order valence-electron chi connectivity index (χ0n) is 9.47. The Bertz CT molecular complexity index is 145. The fraction of sp³-hybridized carbons (Fsp3) is 1.00. The molecule has 4 aliphatic rings. The van der Waals surface area contributed by atoms with Crippen LogP contribution in [-0.4, -0.2) is 0 Å². The summed E-state index contributed by atoms with van der Waals surface area (Å²) in [5.41, 5.74) is 0.800. The topological polar surface area (TPSA) is 0 Å². The smallest absolute Gasteiger partial charge is 0.0318 e. The highest BCUT2D eigenvalue weighted by atomic mass is 14.5. The molecule has 0 atom stereocenters. The van der Waals surface area contributed by atoms with Gasteiger partial charge in [0.15, 0.2) is 0 Å². The van der Waals surface area contributed by atoms with Crippen LogP contribution < -0.4 is 0 Å². The maximum Gasteiger partial charge on any atom is -0.0318 e. The molecule has 0 nitrogen and oxygen atoms in total. The van der Waals surface area contributed by atoms with E-state index >= 15 is 0 Å². The van der Waals surface area contributed by atoms with Crippen LogP contribution >= 0.6 is 0 Å². The van der Waals surface area contributed by atoms with Gasteiger partial charge in [-0.25, -0.2) is 0 Å². The maximum absolute atomic E-state index is 2.54. The van der Waals surface area contributed by atoms with Crippen LogP contribution in [0.25, 0.3) is 0 Å². The molecule has 0 heteroatoms. The highest BCUT2D eigenvalue weighted by molar-refractivity contribution is 4.99. The van der Waals surface area contributed by atoms with Gasteiger partial charge in [0.1, 0.15) is 0 Å². The largest absolute Gasteiger partial charge is 0.0683 e. The van der Waals surface area contributed by atoms with E-state index in [2.05, 4.69) is 6.92 Å². The first-order valence-corrected chi connectivity index (χ1v) is 6.23. The van der Waals surface area contributed by atoms with Gasteiger partial charge in [-0.2, -0.15) is 0 Å². The molecule has 4 aliphatic carbocycles. The van der Waals surface area contributed by atoms with Crippen molar-refractivity contribution < 1.29 is 0 Å². The van der Waals surface area contributed by atoms with Crippen molar-refractivity contribution in [1.82, 2.24) is 0 Å². The quantitative estimate of drug-likeness (QED) is 0.523. The Balaban J connectivity index is 0.000000308. The molecule has 4 fully saturated rings. The molecule has 4 bridgehead atoms. The van der Waals surface area contributed by atoms with Gasteiger partial charge in [-0.15, -0.1) is 0 Å². The molecule has 0 radical (unpaired) electrons. The lowest BCUT2D eigenvalue weighted by Crippen LogP contribution is -2.44. The second kappa shape index (κ2) is 3.29. The first-order valence-electron chi connectivity index (χ1n) is 6.23. The van der Waals surface area contributed by atoms with E-state index in [1.165, 1.54) is 0 Å². The van der Waals surface area contributed by atoms with E-state index in [-0.39, 0.29) is 0 Å². The van der Waals surface area contributed by atoms with Gasteiger partial charge in [0.2, 0.25) is 0 Å². The van der Waals surface area contributed by atoms with E-state index in [0.717, 1.165) is 23.2 Å². The van der Waals surface area contributed by atoms with Crippen molar-refractivity contribution in [3.05, 3.63) is 0 Å². The van der Waals surface area contributed by atoms with E-state index in [9.17, 15) is 0 Å². The molecule has 0 spiro atoms. The van der Waals surface area contributed by atoms with E-state index in [0.29, 0.717) is 0 Å². The third kappa shape index (κ3) is 1.65. The number of hydrogen-bond donors (Lipinski definition) is 0. The Morgan fingerprint density at radius 3 is 1.31 bits per heavy atom. The van der Waals surface area contributed by atoms with Crippen LogP contribution in [0.3, 0.4) is 0 Å². The van der Waals surface area contributed by atoms with Crippen molar-refractivity contribution in [2.45, 2.75) is 59.3 Å². The molecule has 0 amide bonds. The predicted octanol–water partition coefficient (Wildman–Crippen LogP) is 4.25. The summed E-state index contributed by atoms with van der Waals surface area (Å²) in [7, 11) is 0. The molecule has 0 aromatic carbocycles. The lowest BCUT2D eigenvalue weighted by molar-refractivity contribution is -0.0411. The fourth-order valence-corrected chi connectivity index (χ4v) is 4.54. The lowest BCUT2D eigenvalue weighted by atomic mass is 9.50. The van der Waals surface area contributed by atoms with Crippen molar-refractivity contribution in [3.8, 4) is 0 Å². The molecule has 0 unspecified atom stereocenters. The lowest BCUT2D eigenvalue weighted by Gasteiger charge is -2.55. The number of hydrogen-bond acceptors (Lipinski definition) is 0. The molecule has 0 heterocycles. The van der Waals surface area contributed by atoms with Gasteiger partial charge in [0.05, 0.1) is 0 Å². The first kappa shape index (κ1) is 9.55. The number of rotatable bonds is 0. The molecule has 0 aromatic heterocycles. The monoisotopic (exact) mass is 180 g/mol. The van der Waals surface area contributed by atoms with E-state index in [1.807, 2.05) is 13.8 Å². The molecule has 0 aromatic rings. The van der Waals surface area contributed by atoms with Gasteiger partial charge in [-0.3, -0.25) is 0 Å². The van der Waals surface area contributed by atoms with Crippen molar-refractivity contribution in [3.63, 3.8) is 0 Å². The van der Waals surface area contributed by atoms with Gasteiger partial charge >= 0.3 is 0 Å². The second-order valence-electron chi connectivity index (χ2n) is 5.73. The van der Waals surface area contributed by atoms with Gasteiger partial charge in [0, 0.05) is 0 Å². The Hall–Kier alpha value is 0. The van der Waals surface area contributed by atoms with E-state index < -0.39 is 0 Å². The summed E-state index contributed by atoms with van der Waals surface area (Å²) in [6, 6.07) is 0. The molecule has 0 saturated heterocycles. The highest BCUT2D eigenvalue weighted by Crippen LogP contribution is 2.59. The average molecular weight is 180 g/mol. The molecule has 0 aliphatic heterocycles. The summed E-state index contributed by atoms with van der Waals surface area (Å²) in [6.07, 6.45) is 9.48. The molecule has 13 heavy (non-hydrogen) atoms. The minimum Gasteiger partial charge on any atom is -0.0683 e. The summed E-state index contributed by atoms with van der Waals surface area (Å²) in [6.45, 7) is 6.54. The van der Waals surface area contributed by atoms with Crippen molar-refractivity contribution >= 4 is 0 Å².